The van der Waals surface area contributed by atoms with E-state index in [9.17, 15) is 0 Å². The molecule has 0 atom stereocenters. The van der Waals surface area contributed by atoms with Gasteiger partial charge in [0.15, 0.2) is 0 Å². The average molecular weight is 236 g/mol. The number of rotatable bonds is 8. The van der Waals surface area contributed by atoms with Crippen LogP contribution in [0.2, 0.25) is 0 Å². The maximum Gasteiger partial charge on any atom is 0.203 e. The van der Waals surface area contributed by atoms with Gasteiger partial charge in [0.2, 0.25) is 5.95 Å². The van der Waals surface area contributed by atoms with Crippen LogP contribution in [0, 0.1) is 6.92 Å². The van der Waals surface area contributed by atoms with Crippen LogP contribution in [0.25, 0.3) is 0 Å². The van der Waals surface area contributed by atoms with E-state index in [1.165, 1.54) is 0 Å². The van der Waals surface area contributed by atoms with Crippen molar-refractivity contribution < 1.29 is 0 Å². The van der Waals surface area contributed by atoms with E-state index < -0.39 is 0 Å². The monoisotopic (exact) mass is 236 g/mol. The number of hydrogen-bond acceptors (Lipinski definition) is 3. The molecule has 0 aromatic carbocycles. The van der Waals surface area contributed by atoms with Crippen molar-refractivity contribution in [3.63, 3.8) is 0 Å². The Morgan fingerprint density at radius 1 is 1.47 bits per heavy atom. The summed E-state index contributed by atoms with van der Waals surface area (Å²) in [5.74, 6) is 0.939. The predicted molar refractivity (Wildman–Crippen MR) is 73.4 cm³/mol. The standard InChI is InChI=1S/C13H24N4/c1-5-8-14-13-15-12(4)11-17(13)10-9-16(6-2)7-3/h5,11H,1,6-10H2,2-4H3,(H,14,15). The van der Waals surface area contributed by atoms with Gasteiger partial charge in [0.25, 0.3) is 0 Å². The molecule has 17 heavy (non-hydrogen) atoms. The van der Waals surface area contributed by atoms with Gasteiger partial charge in [-0.25, -0.2) is 4.98 Å². The Kier molecular flexibility index (Phi) is 5.77. The lowest BCUT2D eigenvalue weighted by molar-refractivity contribution is 0.291. The number of anilines is 1. The minimum absolute atomic E-state index is 0.752. The molecule has 96 valence electrons. The first kappa shape index (κ1) is 13.8. The fourth-order valence-corrected chi connectivity index (χ4v) is 1.81. The van der Waals surface area contributed by atoms with Crippen LogP contribution in [-0.2, 0) is 6.54 Å². The molecule has 0 spiro atoms. The Morgan fingerprint density at radius 3 is 2.76 bits per heavy atom. The topological polar surface area (TPSA) is 33.1 Å². The molecule has 4 nitrogen and oxygen atoms in total. The van der Waals surface area contributed by atoms with Gasteiger partial charge in [-0.3, -0.25) is 0 Å². The fraction of sp³-hybridized carbons (Fsp3) is 0.615. The highest BCUT2D eigenvalue weighted by atomic mass is 15.2. The Bertz CT molecular complexity index is 339. The molecule has 0 fully saturated rings. The van der Waals surface area contributed by atoms with E-state index in [-0.39, 0.29) is 0 Å². The van der Waals surface area contributed by atoms with Crippen molar-refractivity contribution in [2.75, 3.05) is 31.5 Å². The van der Waals surface area contributed by atoms with Crippen molar-refractivity contribution in [3.05, 3.63) is 24.5 Å². The Labute approximate surface area is 104 Å². The van der Waals surface area contributed by atoms with E-state index in [1.807, 2.05) is 13.0 Å². The molecule has 1 aromatic heterocycles. The Hall–Kier alpha value is -1.29. The van der Waals surface area contributed by atoms with E-state index in [0.717, 1.165) is 44.4 Å². The fourth-order valence-electron chi connectivity index (χ4n) is 1.81. The summed E-state index contributed by atoms with van der Waals surface area (Å²) in [6.07, 6.45) is 3.94. The van der Waals surface area contributed by atoms with E-state index in [2.05, 4.69) is 46.4 Å². The number of aryl methyl sites for hydroxylation is 1. The molecule has 0 aliphatic rings. The lowest BCUT2D eigenvalue weighted by Crippen LogP contribution is -2.27. The van der Waals surface area contributed by atoms with Crippen LogP contribution >= 0.6 is 0 Å². The average Bonchev–Trinajstić information content (AvgIpc) is 2.68. The summed E-state index contributed by atoms with van der Waals surface area (Å²) in [5, 5.41) is 3.26. The minimum atomic E-state index is 0.752. The molecule has 0 bridgehead atoms. The lowest BCUT2D eigenvalue weighted by Gasteiger charge is -2.18. The molecule has 4 heteroatoms. The molecular weight excluding hydrogens is 212 g/mol. The first-order valence-corrected chi connectivity index (χ1v) is 6.32. The highest BCUT2D eigenvalue weighted by Gasteiger charge is 2.05. The van der Waals surface area contributed by atoms with Gasteiger partial charge in [-0.05, 0) is 20.0 Å². The van der Waals surface area contributed by atoms with Crippen LogP contribution in [0.5, 0.6) is 0 Å². The Balaban J connectivity index is 2.59. The van der Waals surface area contributed by atoms with Crippen molar-refractivity contribution in [3.8, 4) is 0 Å². The summed E-state index contributed by atoms with van der Waals surface area (Å²) < 4.78 is 2.18. The van der Waals surface area contributed by atoms with Crippen molar-refractivity contribution in [1.29, 1.82) is 0 Å². The highest BCUT2D eigenvalue weighted by Crippen LogP contribution is 2.08. The van der Waals surface area contributed by atoms with Crippen molar-refractivity contribution in [2.24, 2.45) is 0 Å². The maximum absolute atomic E-state index is 4.46. The number of nitrogens with one attached hydrogen (secondary N) is 1. The number of nitrogens with zero attached hydrogens (tertiary/aromatic N) is 3. The van der Waals surface area contributed by atoms with E-state index in [4.69, 9.17) is 0 Å². The van der Waals surface area contributed by atoms with Crippen molar-refractivity contribution in [1.82, 2.24) is 14.5 Å². The summed E-state index contributed by atoms with van der Waals surface area (Å²) in [6, 6.07) is 0. The SMILES string of the molecule is C=CCNc1nc(C)cn1CCN(CC)CC. The van der Waals surface area contributed by atoms with Crippen LogP contribution in [0.3, 0.4) is 0 Å². The van der Waals surface area contributed by atoms with E-state index >= 15 is 0 Å². The van der Waals surface area contributed by atoms with E-state index in [1.54, 1.807) is 0 Å². The predicted octanol–water partition coefficient (Wildman–Crippen LogP) is 2.13. The molecule has 0 saturated carbocycles. The normalized spacial score (nSPS) is 10.8. The zero-order valence-electron chi connectivity index (χ0n) is 11.2. The summed E-state index contributed by atoms with van der Waals surface area (Å²) in [7, 11) is 0. The van der Waals surface area contributed by atoms with Crippen molar-refractivity contribution >= 4 is 5.95 Å². The quantitative estimate of drug-likeness (QED) is 0.702. The molecule has 0 amide bonds. The van der Waals surface area contributed by atoms with Gasteiger partial charge in [-0.1, -0.05) is 19.9 Å². The molecule has 1 aromatic rings. The molecule has 1 rings (SSSR count). The zero-order chi connectivity index (χ0) is 12.7. The summed E-state index contributed by atoms with van der Waals surface area (Å²) in [6.45, 7) is 15.1. The molecule has 0 radical (unpaired) electrons. The molecule has 0 aliphatic heterocycles. The molecule has 1 N–H and O–H groups in total. The van der Waals surface area contributed by atoms with Gasteiger partial charge in [-0.2, -0.15) is 0 Å². The van der Waals surface area contributed by atoms with Crippen LogP contribution < -0.4 is 5.32 Å². The number of aromatic nitrogens is 2. The van der Waals surface area contributed by atoms with Crippen molar-refractivity contribution in [2.45, 2.75) is 27.3 Å². The third-order valence-electron chi connectivity index (χ3n) is 2.85. The number of imidazole rings is 1. The maximum atomic E-state index is 4.46. The van der Waals surface area contributed by atoms with Crippen LogP contribution in [-0.4, -0.2) is 40.6 Å². The third kappa shape index (κ3) is 4.23. The molecule has 0 unspecified atom stereocenters. The summed E-state index contributed by atoms with van der Waals surface area (Å²) in [4.78, 5) is 6.87. The van der Waals surface area contributed by atoms with Gasteiger partial charge < -0.3 is 14.8 Å². The second-order valence-corrected chi connectivity index (χ2v) is 4.10. The second-order valence-electron chi connectivity index (χ2n) is 4.10. The molecule has 0 saturated heterocycles. The minimum Gasteiger partial charge on any atom is -0.352 e. The summed E-state index contributed by atoms with van der Waals surface area (Å²) in [5.41, 5.74) is 1.05. The summed E-state index contributed by atoms with van der Waals surface area (Å²) >= 11 is 0. The van der Waals surface area contributed by atoms with Gasteiger partial charge >= 0.3 is 0 Å². The second kappa shape index (κ2) is 7.12. The molecule has 1 heterocycles. The molecular formula is C13H24N4. The number of hydrogen-bond donors (Lipinski definition) is 1. The number of likely N-dealkylation sites (N-methyl/N-ethyl adjacent to an activating group) is 1. The Morgan fingerprint density at radius 2 is 2.18 bits per heavy atom. The first-order valence-electron chi connectivity index (χ1n) is 6.32. The van der Waals surface area contributed by atoms with Gasteiger partial charge in [0.05, 0.1) is 5.69 Å². The van der Waals surface area contributed by atoms with Crippen LogP contribution in [0.1, 0.15) is 19.5 Å². The van der Waals surface area contributed by atoms with Gasteiger partial charge in [0.1, 0.15) is 0 Å². The molecule has 0 aliphatic carbocycles. The zero-order valence-corrected chi connectivity index (χ0v) is 11.2. The smallest absolute Gasteiger partial charge is 0.203 e. The largest absolute Gasteiger partial charge is 0.352 e. The lowest BCUT2D eigenvalue weighted by atomic mass is 10.4. The van der Waals surface area contributed by atoms with Gasteiger partial charge in [-0.15, -0.1) is 6.58 Å². The first-order chi connectivity index (χ1) is 8.21. The van der Waals surface area contributed by atoms with Crippen LogP contribution in [0.4, 0.5) is 5.95 Å². The van der Waals surface area contributed by atoms with E-state index in [0.29, 0.717) is 0 Å². The highest BCUT2D eigenvalue weighted by molar-refractivity contribution is 5.29. The van der Waals surface area contributed by atoms with Gasteiger partial charge in [0, 0.05) is 25.8 Å². The van der Waals surface area contributed by atoms with Crippen LogP contribution in [0.15, 0.2) is 18.9 Å². The third-order valence-corrected chi connectivity index (χ3v) is 2.85.